The van der Waals surface area contributed by atoms with E-state index in [9.17, 15) is 0 Å². The molecule has 0 aliphatic heterocycles. The van der Waals surface area contributed by atoms with E-state index < -0.39 is 18.2 Å². The van der Waals surface area contributed by atoms with Crippen molar-refractivity contribution in [2.75, 3.05) is 0 Å². The van der Waals surface area contributed by atoms with Crippen molar-refractivity contribution in [3.05, 3.63) is 31.2 Å². The molecule has 0 saturated heterocycles. The number of rotatable bonds is 6. The summed E-state index contributed by atoms with van der Waals surface area (Å²) in [5.41, 5.74) is 0. The molecule has 0 aromatic rings. The molecule has 0 atom stereocenters. The monoisotopic (exact) mass is 245 g/mol. The lowest BCUT2D eigenvalue weighted by Crippen LogP contribution is -1.65. The Hall–Kier alpha value is 0.826. The van der Waals surface area contributed by atoms with Crippen LogP contribution in [0.1, 0.15) is 39.0 Å². The van der Waals surface area contributed by atoms with Gasteiger partial charge in [-0.3, -0.25) is 0 Å². The molecule has 0 bridgehead atoms. The first-order valence-corrected chi connectivity index (χ1v) is 9.33. The Kier molecular flexibility index (Phi) is 23.9. The molecule has 3 heteroatoms. The van der Waals surface area contributed by atoms with Gasteiger partial charge < -0.3 is 18.1 Å². The van der Waals surface area contributed by atoms with Gasteiger partial charge in [-0.05, 0) is 19.3 Å². The second-order valence-corrected chi connectivity index (χ2v) is 5.37. The van der Waals surface area contributed by atoms with Gasteiger partial charge in [-0.15, -0.1) is 0 Å². The number of unbranched alkanes of at least 4 members (excludes halogenated alkanes) is 3. The van der Waals surface area contributed by atoms with Gasteiger partial charge in [-0.2, -0.15) is 0 Å². The fourth-order valence-electron chi connectivity index (χ4n) is 0.789. The van der Waals surface area contributed by atoms with Crippen LogP contribution in [0.3, 0.4) is 0 Å². The molecule has 0 aliphatic carbocycles. The van der Waals surface area contributed by atoms with Gasteiger partial charge in [0.25, 0.3) is 0 Å². The van der Waals surface area contributed by atoms with Crippen LogP contribution in [0.4, 0.5) is 0 Å². The first-order chi connectivity index (χ1) is 6.83. The molecule has 1 radical (unpaired) electrons. The van der Waals surface area contributed by atoms with Crippen molar-refractivity contribution in [2.45, 2.75) is 39.0 Å². The Morgan fingerprint density at radius 1 is 1.14 bits per heavy atom. The van der Waals surface area contributed by atoms with Gasteiger partial charge in [0.1, 0.15) is 0 Å². The van der Waals surface area contributed by atoms with E-state index in [1.807, 2.05) is 0 Å². The van der Waals surface area contributed by atoms with Crippen LogP contribution in [0.15, 0.2) is 24.3 Å². The number of hydrogen-bond donors (Lipinski definition) is 0. The molecule has 0 N–H and O–H groups in total. The minimum Gasteiger partial charge on any atom is -0.309 e. The highest BCUT2D eigenvalue weighted by Crippen LogP contribution is 1.95. The van der Waals surface area contributed by atoms with Crippen LogP contribution in [0.25, 0.3) is 0 Å². The summed E-state index contributed by atoms with van der Waals surface area (Å²) >= 11 is -0.639. The summed E-state index contributed by atoms with van der Waals surface area (Å²) in [5.74, 6) is 0. The molecular weight excluding hydrogens is 227 g/mol. The third kappa shape index (κ3) is 23.0. The van der Waals surface area contributed by atoms with Gasteiger partial charge in [-0.25, -0.2) is 0 Å². The molecule has 0 unspecified atom stereocenters. The second kappa shape index (κ2) is 19.4. The topological polar surface area (TPSA) is 0 Å². The second-order valence-electron chi connectivity index (χ2n) is 2.74. The highest BCUT2D eigenvalue weighted by Gasteiger charge is 1.75. The fourth-order valence-corrected chi connectivity index (χ4v) is 0.789. The maximum Gasteiger partial charge on any atom is 0.618 e. The molecule has 79 valence electrons. The Labute approximate surface area is 106 Å². The van der Waals surface area contributed by atoms with E-state index in [2.05, 4.69) is 38.2 Å². The molecule has 0 rings (SSSR count). The molecule has 0 nitrogen and oxygen atoms in total. The van der Waals surface area contributed by atoms with Crippen LogP contribution in [-0.4, -0.2) is 18.2 Å². The summed E-state index contributed by atoms with van der Waals surface area (Å²) in [4.78, 5) is 0. The summed E-state index contributed by atoms with van der Waals surface area (Å²) < 4.78 is 0. The predicted molar refractivity (Wildman–Crippen MR) is 69.9 cm³/mol. The summed E-state index contributed by atoms with van der Waals surface area (Å²) in [6.07, 6.45) is 14.5. The van der Waals surface area contributed by atoms with Crippen molar-refractivity contribution < 1.29 is 0 Å². The molecule has 0 aromatic carbocycles. The number of allylic oxidation sites excluding steroid dienone is 4. The zero-order valence-electron chi connectivity index (χ0n) is 9.02. The third-order valence-corrected chi connectivity index (χ3v) is 1.48. The maximum absolute atomic E-state index is 4.90. The van der Waals surface area contributed by atoms with E-state index in [0.717, 1.165) is 12.8 Å². The summed E-state index contributed by atoms with van der Waals surface area (Å²) in [6, 6.07) is 0. The molecule has 0 saturated carbocycles. The lowest BCUT2D eigenvalue weighted by atomic mass is 10.2. The first kappa shape index (κ1) is 17.2. The first-order valence-electron chi connectivity index (χ1n) is 5.06. The van der Waals surface area contributed by atoms with Gasteiger partial charge in [0.2, 0.25) is 0 Å². The predicted octanol–water partition coefficient (Wildman–Crippen LogP) is 4.90. The minimum absolute atomic E-state index is 0.639. The lowest BCUT2D eigenvalue weighted by Gasteiger charge is -1.85. The smallest absolute Gasteiger partial charge is 0.309 e. The number of halogens is 2. The van der Waals surface area contributed by atoms with E-state index in [-0.39, 0.29) is 0 Å². The van der Waals surface area contributed by atoms with E-state index in [0.29, 0.717) is 0 Å². The van der Waals surface area contributed by atoms with Crippen LogP contribution in [0, 0.1) is 6.92 Å². The Bertz CT molecular complexity index is 133. The van der Waals surface area contributed by atoms with Crippen molar-refractivity contribution >= 4 is 36.3 Å². The van der Waals surface area contributed by atoms with Crippen molar-refractivity contribution in [3.8, 4) is 0 Å². The lowest BCUT2D eigenvalue weighted by molar-refractivity contribution is 0.815. The van der Waals surface area contributed by atoms with Crippen LogP contribution in [0.2, 0.25) is 0 Å². The average molecular weight is 246 g/mol. The Morgan fingerprint density at radius 3 is 2.07 bits per heavy atom. The minimum atomic E-state index is -0.639. The summed E-state index contributed by atoms with van der Waals surface area (Å²) in [6.45, 7) is 5.97. The average Bonchev–Trinajstić information content (AvgIpc) is 2.18. The largest absolute Gasteiger partial charge is 0.618 e. The quantitative estimate of drug-likeness (QED) is 0.355. The van der Waals surface area contributed by atoms with Gasteiger partial charge >= 0.3 is 18.2 Å². The van der Waals surface area contributed by atoms with Gasteiger partial charge in [0.05, 0.1) is 0 Å². The Morgan fingerprint density at radius 2 is 1.64 bits per heavy atom. The van der Waals surface area contributed by atoms with Crippen LogP contribution >= 0.6 is 18.1 Å². The molecule has 0 amide bonds. The number of hydrogen-bond acceptors (Lipinski definition) is 0. The van der Waals surface area contributed by atoms with E-state index >= 15 is 0 Å². The van der Waals surface area contributed by atoms with Crippen LogP contribution < -0.4 is 0 Å². The van der Waals surface area contributed by atoms with E-state index in [4.69, 9.17) is 18.1 Å². The molecule has 0 fully saturated rings. The highest BCUT2D eigenvalue weighted by atomic mass is 35.6. The highest BCUT2D eigenvalue weighted by molar-refractivity contribution is 7.22. The molecule has 0 heterocycles. The molecule has 14 heavy (non-hydrogen) atoms. The molecule has 0 aliphatic rings. The van der Waals surface area contributed by atoms with Gasteiger partial charge in [0, 0.05) is 0 Å². The van der Waals surface area contributed by atoms with Gasteiger partial charge in [0.15, 0.2) is 0 Å². The normalized spacial score (nSPS) is 10.0. The van der Waals surface area contributed by atoms with Crippen molar-refractivity contribution in [1.29, 1.82) is 0 Å². The van der Waals surface area contributed by atoms with Crippen molar-refractivity contribution in [2.24, 2.45) is 0 Å². The van der Waals surface area contributed by atoms with Crippen molar-refractivity contribution in [1.82, 2.24) is 0 Å². The standard InChI is InChI=1S/C11H19.2ClH.Mg/c1-3-5-7-9-11-10-8-6-4-2;;;/h7,9-11H,1,3-6,8H2,2H3;2*1H;/q;;;+2/p-2/b9-7+,11-10-;;;. The third-order valence-electron chi connectivity index (χ3n) is 1.48. The summed E-state index contributed by atoms with van der Waals surface area (Å²) in [7, 11) is 9.81. The van der Waals surface area contributed by atoms with Crippen LogP contribution in [0.5, 0.6) is 0 Å². The molecular formula is C11H19Cl2Mg. The van der Waals surface area contributed by atoms with E-state index in [1.165, 1.54) is 19.3 Å². The molecule has 0 spiro atoms. The van der Waals surface area contributed by atoms with Crippen molar-refractivity contribution in [3.63, 3.8) is 0 Å². The fraction of sp³-hybridized carbons (Fsp3) is 0.545. The SMILES string of the molecule is [CH2]CC/C=C/C=C\CCCC.[Cl][Mg][Cl]. The summed E-state index contributed by atoms with van der Waals surface area (Å²) in [5, 5.41) is 0. The van der Waals surface area contributed by atoms with E-state index in [1.54, 1.807) is 0 Å². The zero-order chi connectivity index (χ0) is 11.1. The zero-order valence-corrected chi connectivity index (χ0v) is 11.9. The van der Waals surface area contributed by atoms with Crippen LogP contribution in [-0.2, 0) is 0 Å². The van der Waals surface area contributed by atoms with Gasteiger partial charge in [-0.1, -0.05) is 51.0 Å². The molecule has 0 aromatic heterocycles. The Balaban J connectivity index is 0. The maximum atomic E-state index is 4.90.